The number of carbonyl (C=O) groups excluding carboxylic acids is 1. The van der Waals surface area contributed by atoms with E-state index in [0.717, 1.165) is 13.0 Å². The van der Waals surface area contributed by atoms with E-state index in [4.69, 9.17) is 4.74 Å². The molecule has 1 atom stereocenters. The van der Waals surface area contributed by atoms with Gasteiger partial charge in [0.25, 0.3) is 0 Å². The molecule has 102 valence electrons. The quantitative estimate of drug-likeness (QED) is 0.747. The molecule has 0 aromatic rings. The number of hydrogen-bond acceptors (Lipinski definition) is 3. The predicted octanol–water partition coefficient (Wildman–Crippen LogP) is 1.69. The van der Waals surface area contributed by atoms with Crippen LogP contribution in [0.5, 0.6) is 0 Å². The zero-order valence-electron chi connectivity index (χ0n) is 12.3. The van der Waals surface area contributed by atoms with E-state index in [1.165, 1.54) is 0 Å². The Labute approximate surface area is 105 Å². The standard InChI is InChI=1S/C13H28N2O2/c1-10(11(16)15-12(2,3)4)14-9-8-13(5,6)17-7/h10,14H,8-9H2,1-7H3,(H,15,16). The third kappa shape index (κ3) is 8.16. The van der Waals surface area contributed by atoms with E-state index >= 15 is 0 Å². The Morgan fingerprint density at radius 1 is 1.24 bits per heavy atom. The van der Waals surface area contributed by atoms with E-state index in [0.29, 0.717) is 0 Å². The van der Waals surface area contributed by atoms with Crippen molar-refractivity contribution in [2.45, 2.75) is 65.1 Å². The minimum absolute atomic E-state index is 0.0349. The van der Waals surface area contributed by atoms with E-state index in [9.17, 15) is 4.79 Å². The third-order valence-corrected chi connectivity index (χ3v) is 2.62. The van der Waals surface area contributed by atoms with Crippen molar-refractivity contribution in [3.05, 3.63) is 0 Å². The van der Waals surface area contributed by atoms with Crippen molar-refractivity contribution < 1.29 is 9.53 Å². The minimum Gasteiger partial charge on any atom is -0.379 e. The van der Waals surface area contributed by atoms with Crippen molar-refractivity contribution in [2.75, 3.05) is 13.7 Å². The van der Waals surface area contributed by atoms with Gasteiger partial charge < -0.3 is 15.4 Å². The number of hydrogen-bond donors (Lipinski definition) is 2. The fourth-order valence-corrected chi connectivity index (χ4v) is 1.26. The van der Waals surface area contributed by atoms with Crippen LogP contribution in [0.15, 0.2) is 0 Å². The summed E-state index contributed by atoms with van der Waals surface area (Å²) in [4.78, 5) is 11.8. The summed E-state index contributed by atoms with van der Waals surface area (Å²) in [6.07, 6.45) is 0.872. The smallest absolute Gasteiger partial charge is 0.237 e. The van der Waals surface area contributed by atoms with Crippen LogP contribution < -0.4 is 10.6 Å². The molecule has 0 radical (unpaired) electrons. The molecule has 0 aliphatic carbocycles. The first-order valence-electron chi connectivity index (χ1n) is 6.18. The van der Waals surface area contributed by atoms with E-state index in [2.05, 4.69) is 10.6 Å². The molecule has 1 amide bonds. The summed E-state index contributed by atoms with van der Waals surface area (Å²) in [5.74, 6) is 0.0349. The number of nitrogens with one attached hydrogen (secondary N) is 2. The van der Waals surface area contributed by atoms with Crippen molar-refractivity contribution in [2.24, 2.45) is 0 Å². The molecule has 0 aromatic carbocycles. The molecule has 17 heavy (non-hydrogen) atoms. The van der Waals surface area contributed by atoms with Crippen LogP contribution in [0.1, 0.15) is 48.0 Å². The third-order valence-electron chi connectivity index (χ3n) is 2.62. The lowest BCUT2D eigenvalue weighted by atomic mass is 10.1. The Morgan fingerprint density at radius 2 is 1.76 bits per heavy atom. The summed E-state index contributed by atoms with van der Waals surface area (Å²) in [5, 5.41) is 6.15. The van der Waals surface area contributed by atoms with Crippen LogP contribution in [-0.4, -0.2) is 36.7 Å². The van der Waals surface area contributed by atoms with Gasteiger partial charge in [0.1, 0.15) is 0 Å². The average Bonchev–Trinajstić information content (AvgIpc) is 2.14. The van der Waals surface area contributed by atoms with Gasteiger partial charge in [-0.25, -0.2) is 0 Å². The Hall–Kier alpha value is -0.610. The summed E-state index contributed by atoms with van der Waals surface area (Å²) in [6.45, 7) is 12.6. The van der Waals surface area contributed by atoms with Gasteiger partial charge in [-0.1, -0.05) is 0 Å². The van der Waals surface area contributed by atoms with Crippen LogP contribution in [0.4, 0.5) is 0 Å². The number of amides is 1. The van der Waals surface area contributed by atoms with E-state index in [1.54, 1.807) is 7.11 Å². The maximum absolute atomic E-state index is 11.8. The molecule has 0 bridgehead atoms. The monoisotopic (exact) mass is 244 g/mol. The summed E-state index contributed by atoms with van der Waals surface area (Å²) in [5.41, 5.74) is -0.327. The van der Waals surface area contributed by atoms with Crippen molar-refractivity contribution in [3.8, 4) is 0 Å². The van der Waals surface area contributed by atoms with Crippen molar-refractivity contribution in [1.29, 1.82) is 0 Å². The number of carbonyl (C=O) groups is 1. The largest absolute Gasteiger partial charge is 0.379 e. The highest BCUT2D eigenvalue weighted by Crippen LogP contribution is 2.11. The van der Waals surface area contributed by atoms with Gasteiger partial charge in [0.2, 0.25) is 5.91 Å². The van der Waals surface area contributed by atoms with Gasteiger partial charge in [-0.15, -0.1) is 0 Å². The van der Waals surface area contributed by atoms with Crippen molar-refractivity contribution in [1.82, 2.24) is 10.6 Å². The second-order valence-electron chi connectivity index (χ2n) is 6.13. The van der Waals surface area contributed by atoms with Gasteiger partial charge in [0.15, 0.2) is 0 Å². The highest BCUT2D eigenvalue weighted by atomic mass is 16.5. The summed E-state index contributed by atoms with van der Waals surface area (Å²) >= 11 is 0. The molecule has 2 N–H and O–H groups in total. The first-order chi connectivity index (χ1) is 7.57. The van der Waals surface area contributed by atoms with Crippen molar-refractivity contribution in [3.63, 3.8) is 0 Å². The van der Waals surface area contributed by atoms with Gasteiger partial charge in [-0.2, -0.15) is 0 Å². The van der Waals surface area contributed by atoms with Crippen LogP contribution in [-0.2, 0) is 9.53 Å². The highest BCUT2D eigenvalue weighted by molar-refractivity contribution is 5.81. The number of rotatable bonds is 6. The summed E-state index contributed by atoms with van der Waals surface area (Å²) < 4.78 is 5.32. The lowest BCUT2D eigenvalue weighted by Gasteiger charge is -2.26. The zero-order chi connectivity index (χ0) is 13.7. The Balaban J connectivity index is 3.95. The van der Waals surface area contributed by atoms with Crippen LogP contribution in [0.2, 0.25) is 0 Å². The Bertz CT molecular complexity index is 244. The molecule has 0 aliphatic heterocycles. The number of ether oxygens (including phenoxy) is 1. The normalized spacial score (nSPS) is 14.5. The zero-order valence-corrected chi connectivity index (χ0v) is 12.3. The second-order valence-corrected chi connectivity index (χ2v) is 6.13. The van der Waals surface area contributed by atoms with Crippen LogP contribution >= 0.6 is 0 Å². The van der Waals surface area contributed by atoms with Crippen molar-refractivity contribution >= 4 is 5.91 Å². The van der Waals surface area contributed by atoms with E-state index < -0.39 is 0 Å². The Kier molecular flexibility index (Phi) is 6.13. The number of methoxy groups -OCH3 is 1. The van der Waals surface area contributed by atoms with E-state index in [1.807, 2.05) is 41.5 Å². The molecule has 0 spiro atoms. The summed E-state index contributed by atoms with van der Waals surface area (Å²) in [7, 11) is 1.70. The lowest BCUT2D eigenvalue weighted by Crippen LogP contribution is -2.50. The average molecular weight is 244 g/mol. The fraction of sp³-hybridized carbons (Fsp3) is 0.923. The molecule has 0 rings (SSSR count). The van der Waals surface area contributed by atoms with Crippen LogP contribution in [0, 0.1) is 0 Å². The van der Waals surface area contributed by atoms with Gasteiger partial charge >= 0.3 is 0 Å². The molecular weight excluding hydrogens is 216 g/mol. The molecule has 0 saturated carbocycles. The molecule has 4 heteroatoms. The van der Waals surface area contributed by atoms with E-state index in [-0.39, 0.29) is 23.1 Å². The van der Waals surface area contributed by atoms with Gasteiger partial charge in [0.05, 0.1) is 11.6 Å². The molecule has 0 heterocycles. The lowest BCUT2D eigenvalue weighted by molar-refractivity contribution is -0.124. The molecule has 0 aromatic heterocycles. The minimum atomic E-state index is -0.182. The highest BCUT2D eigenvalue weighted by Gasteiger charge is 2.20. The van der Waals surface area contributed by atoms with Crippen LogP contribution in [0.3, 0.4) is 0 Å². The SMILES string of the molecule is COC(C)(C)CCNC(C)C(=O)NC(C)(C)C. The predicted molar refractivity (Wildman–Crippen MR) is 71.1 cm³/mol. The van der Waals surface area contributed by atoms with Gasteiger partial charge in [0, 0.05) is 12.6 Å². The molecule has 1 unspecified atom stereocenters. The van der Waals surface area contributed by atoms with Crippen LogP contribution in [0.25, 0.3) is 0 Å². The fourth-order valence-electron chi connectivity index (χ4n) is 1.26. The molecule has 0 fully saturated rings. The topological polar surface area (TPSA) is 50.4 Å². The second kappa shape index (κ2) is 6.36. The maximum atomic E-state index is 11.8. The molecular formula is C13H28N2O2. The Morgan fingerprint density at radius 3 is 2.18 bits per heavy atom. The first kappa shape index (κ1) is 16.4. The maximum Gasteiger partial charge on any atom is 0.237 e. The molecule has 4 nitrogen and oxygen atoms in total. The molecule has 0 aliphatic rings. The first-order valence-corrected chi connectivity index (χ1v) is 6.18. The molecule has 0 saturated heterocycles. The summed E-state index contributed by atoms with van der Waals surface area (Å²) in [6, 6.07) is -0.179. The van der Waals surface area contributed by atoms with Gasteiger partial charge in [-0.3, -0.25) is 4.79 Å². The van der Waals surface area contributed by atoms with Gasteiger partial charge in [-0.05, 0) is 54.5 Å².